The van der Waals surface area contributed by atoms with Crippen molar-refractivity contribution in [2.24, 2.45) is 0 Å². The summed E-state index contributed by atoms with van der Waals surface area (Å²) < 4.78 is 1.07. The van der Waals surface area contributed by atoms with Crippen molar-refractivity contribution >= 4 is 38.3 Å². The van der Waals surface area contributed by atoms with Gasteiger partial charge in [-0.25, -0.2) is 0 Å². The van der Waals surface area contributed by atoms with Crippen LogP contribution in [-0.4, -0.2) is 30.9 Å². The Morgan fingerprint density at radius 1 is 1.21 bits per heavy atom. The van der Waals surface area contributed by atoms with Crippen LogP contribution >= 0.6 is 15.9 Å². The molecule has 0 radical (unpaired) electrons. The highest BCUT2D eigenvalue weighted by Gasteiger charge is 2.05. The number of nitrogens with one attached hydrogen (secondary N) is 1. The number of carbonyl (C=O) groups excluding carboxylic acids is 1. The monoisotopic (exact) mass is 320 g/mol. The number of amides is 1. The minimum absolute atomic E-state index is 0.0957. The molecule has 0 unspecified atom stereocenters. The molecule has 4 heteroatoms. The second-order valence-corrected chi connectivity index (χ2v) is 5.38. The Labute approximate surface area is 121 Å². The topological polar surface area (TPSA) is 32.3 Å². The highest BCUT2D eigenvalue weighted by Crippen LogP contribution is 2.22. The SMILES string of the molecule is CCN(C)C(=O)CNc1ccc2cc(Br)ccc2c1. The third kappa shape index (κ3) is 3.47. The van der Waals surface area contributed by atoms with E-state index in [-0.39, 0.29) is 5.91 Å². The lowest BCUT2D eigenvalue weighted by molar-refractivity contribution is -0.127. The van der Waals surface area contributed by atoms with Crippen LogP contribution in [0.25, 0.3) is 10.8 Å². The average Bonchev–Trinajstić information content (AvgIpc) is 2.43. The minimum atomic E-state index is 0.0957. The minimum Gasteiger partial charge on any atom is -0.376 e. The van der Waals surface area contributed by atoms with Gasteiger partial charge in [0.1, 0.15) is 0 Å². The zero-order chi connectivity index (χ0) is 13.8. The van der Waals surface area contributed by atoms with Crippen LogP contribution in [-0.2, 0) is 4.79 Å². The van der Waals surface area contributed by atoms with Crippen molar-refractivity contribution in [3.05, 3.63) is 40.9 Å². The van der Waals surface area contributed by atoms with Gasteiger partial charge >= 0.3 is 0 Å². The van der Waals surface area contributed by atoms with Gasteiger partial charge < -0.3 is 10.2 Å². The molecule has 1 amide bonds. The maximum atomic E-state index is 11.7. The average molecular weight is 321 g/mol. The molecule has 0 aliphatic rings. The van der Waals surface area contributed by atoms with Crippen molar-refractivity contribution in [1.29, 1.82) is 0 Å². The fourth-order valence-electron chi connectivity index (χ4n) is 1.82. The molecule has 0 atom stereocenters. The van der Waals surface area contributed by atoms with Gasteiger partial charge in [0.05, 0.1) is 6.54 Å². The number of halogens is 1. The second-order valence-electron chi connectivity index (χ2n) is 4.47. The van der Waals surface area contributed by atoms with Gasteiger partial charge in [-0.15, -0.1) is 0 Å². The molecule has 0 spiro atoms. The van der Waals surface area contributed by atoms with Gasteiger partial charge in [0.2, 0.25) is 5.91 Å². The number of hydrogen-bond donors (Lipinski definition) is 1. The van der Waals surface area contributed by atoms with Gasteiger partial charge in [-0.2, -0.15) is 0 Å². The van der Waals surface area contributed by atoms with Crippen LogP contribution in [0.5, 0.6) is 0 Å². The van der Waals surface area contributed by atoms with Gasteiger partial charge in [0, 0.05) is 23.8 Å². The molecule has 0 saturated heterocycles. The van der Waals surface area contributed by atoms with E-state index in [2.05, 4.69) is 45.5 Å². The second kappa shape index (κ2) is 6.06. The van der Waals surface area contributed by atoms with E-state index in [0.29, 0.717) is 6.54 Å². The molecule has 0 aliphatic heterocycles. The summed E-state index contributed by atoms with van der Waals surface area (Å²) >= 11 is 3.46. The van der Waals surface area contributed by atoms with Gasteiger partial charge in [-0.1, -0.05) is 28.1 Å². The Morgan fingerprint density at radius 3 is 2.63 bits per heavy atom. The zero-order valence-electron chi connectivity index (χ0n) is 11.1. The number of rotatable bonds is 4. The molecule has 19 heavy (non-hydrogen) atoms. The number of nitrogens with zero attached hydrogens (tertiary/aromatic N) is 1. The predicted octanol–water partition coefficient (Wildman–Crippen LogP) is 3.49. The molecular weight excluding hydrogens is 304 g/mol. The van der Waals surface area contributed by atoms with Crippen LogP contribution in [0.15, 0.2) is 40.9 Å². The van der Waals surface area contributed by atoms with Crippen LogP contribution < -0.4 is 5.32 Å². The van der Waals surface area contributed by atoms with Crippen molar-refractivity contribution < 1.29 is 4.79 Å². The van der Waals surface area contributed by atoms with Crippen molar-refractivity contribution in [3.8, 4) is 0 Å². The van der Waals surface area contributed by atoms with Gasteiger partial charge in [-0.3, -0.25) is 4.79 Å². The number of fused-ring (bicyclic) bond motifs is 1. The molecule has 1 N–H and O–H groups in total. The van der Waals surface area contributed by atoms with Crippen molar-refractivity contribution in [2.75, 3.05) is 25.5 Å². The summed E-state index contributed by atoms with van der Waals surface area (Å²) in [5, 5.41) is 5.50. The van der Waals surface area contributed by atoms with E-state index in [1.165, 1.54) is 5.39 Å². The maximum Gasteiger partial charge on any atom is 0.241 e. The smallest absolute Gasteiger partial charge is 0.241 e. The van der Waals surface area contributed by atoms with Crippen LogP contribution in [0.2, 0.25) is 0 Å². The highest BCUT2D eigenvalue weighted by molar-refractivity contribution is 9.10. The number of hydrogen-bond acceptors (Lipinski definition) is 2. The first-order valence-corrected chi connectivity index (χ1v) is 7.06. The van der Waals surface area contributed by atoms with Crippen LogP contribution in [0.1, 0.15) is 6.92 Å². The summed E-state index contributed by atoms with van der Waals surface area (Å²) in [5.41, 5.74) is 0.965. The van der Waals surface area contributed by atoms with Gasteiger partial charge in [0.15, 0.2) is 0 Å². The van der Waals surface area contributed by atoms with E-state index < -0.39 is 0 Å². The van der Waals surface area contributed by atoms with E-state index in [1.54, 1.807) is 4.90 Å². The largest absolute Gasteiger partial charge is 0.376 e. The third-order valence-corrected chi connectivity index (χ3v) is 3.64. The maximum absolute atomic E-state index is 11.7. The molecule has 100 valence electrons. The van der Waals surface area contributed by atoms with E-state index in [1.807, 2.05) is 26.1 Å². The standard InChI is InChI=1S/C15H17BrN2O/c1-3-18(2)15(19)10-17-14-7-5-11-8-13(16)6-4-12(11)9-14/h4-9,17H,3,10H2,1-2H3. The van der Waals surface area contributed by atoms with Gasteiger partial charge in [-0.05, 0) is 42.0 Å². The Bertz CT molecular complexity index is 598. The van der Waals surface area contributed by atoms with Crippen LogP contribution in [0.4, 0.5) is 5.69 Å². The first kappa shape index (κ1) is 13.9. The molecule has 0 saturated carbocycles. The Hall–Kier alpha value is -1.55. The van der Waals surface area contributed by atoms with E-state index in [9.17, 15) is 4.79 Å². The van der Waals surface area contributed by atoms with Crippen molar-refractivity contribution in [2.45, 2.75) is 6.92 Å². The molecule has 2 rings (SSSR count). The number of benzene rings is 2. The van der Waals surface area contributed by atoms with Crippen LogP contribution in [0, 0.1) is 0 Å². The molecule has 2 aromatic rings. The predicted molar refractivity (Wildman–Crippen MR) is 83.4 cm³/mol. The van der Waals surface area contributed by atoms with Crippen molar-refractivity contribution in [1.82, 2.24) is 4.90 Å². The first-order chi connectivity index (χ1) is 9.10. The van der Waals surface area contributed by atoms with E-state index in [4.69, 9.17) is 0 Å². The molecule has 0 heterocycles. The fourth-order valence-corrected chi connectivity index (χ4v) is 2.19. The molecular formula is C15H17BrN2O. The first-order valence-electron chi connectivity index (χ1n) is 6.27. The molecule has 3 nitrogen and oxygen atoms in total. The summed E-state index contributed by atoms with van der Waals surface area (Å²) in [6.07, 6.45) is 0. The Kier molecular flexibility index (Phi) is 4.43. The Balaban J connectivity index is 2.09. The lowest BCUT2D eigenvalue weighted by Gasteiger charge is -2.15. The summed E-state index contributed by atoms with van der Waals surface area (Å²) in [5.74, 6) is 0.0957. The van der Waals surface area contributed by atoms with E-state index >= 15 is 0 Å². The van der Waals surface area contributed by atoms with Crippen LogP contribution in [0.3, 0.4) is 0 Å². The molecule has 0 aliphatic carbocycles. The van der Waals surface area contributed by atoms with Gasteiger partial charge in [0.25, 0.3) is 0 Å². The quantitative estimate of drug-likeness (QED) is 0.935. The molecule has 0 aromatic heterocycles. The Morgan fingerprint density at radius 2 is 1.89 bits per heavy atom. The summed E-state index contributed by atoms with van der Waals surface area (Å²) in [4.78, 5) is 13.4. The zero-order valence-corrected chi connectivity index (χ0v) is 12.7. The highest BCUT2D eigenvalue weighted by atomic mass is 79.9. The van der Waals surface area contributed by atoms with Crippen molar-refractivity contribution in [3.63, 3.8) is 0 Å². The lowest BCUT2D eigenvalue weighted by Crippen LogP contribution is -2.31. The molecule has 0 bridgehead atoms. The fraction of sp³-hybridized carbons (Fsp3) is 0.267. The number of anilines is 1. The lowest BCUT2D eigenvalue weighted by atomic mass is 10.1. The third-order valence-electron chi connectivity index (χ3n) is 3.15. The number of carbonyl (C=O) groups is 1. The summed E-state index contributed by atoms with van der Waals surface area (Å²) in [6.45, 7) is 3.02. The summed E-state index contributed by atoms with van der Waals surface area (Å²) in [7, 11) is 1.81. The van der Waals surface area contributed by atoms with E-state index in [0.717, 1.165) is 22.1 Å². The molecule has 2 aromatic carbocycles. The normalized spacial score (nSPS) is 10.5. The number of likely N-dealkylation sites (N-methyl/N-ethyl adjacent to an activating group) is 1. The summed E-state index contributed by atoms with van der Waals surface area (Å²) in [6, 6.07) is 12.3. The molecule has 0 fully saturated rings.